The second kappa shape index (κ2) is 4.45. The number of hydrogen-bond donors (Lipinski definition) is 2. The molecule has 2 rings (SSSR count). The van der Waals surface area contributed by atoms with Crippen LogP contribution in [0.15, 0.2) is 22.7 Å². The van der Waals surface area contributed by atoms with E-state index in [9.17, 15) is 4.79 Å². The van der Waals surface area contributed by atoms with E-state index in [-0.39, 0.29) is 5.91 Å². The van der Waals surface area contributed by atoms with Gasteiger partial charge in [-0.2, -0.15) is 0 Å². The summed E-state index contributed by atoms with van der Waals surface area (Å²) in [4.78, 5) is 11.9. The Kier molecular flexibility index (Phi) is 3.19. The summed E-state index contributed by atoms with van der Waals surface area (Å²) in [6.45, 7) is 2.14. The van der Waals surface area contributed by atoms with Crippen LogP contribution in [0.2, 0.25) is 0 Å². The van der Waals surface area contributed by atoms with Crippen LogP contribution in [0.5, 0.6) is 0 Å². The molecule has 2 atom stereocenters. The molecule has 1 aromatic carbocycles. The van der Waals surface area contributed by atoms with E-state index < -0.39 is 0 Å². The lowest BCUT2D eigenvalue weighted by Gasteiger charge is -2.07. The number of carbonyl (C=O) groups is 1. The molecule has 3 nitrogen and oxygen atoms in total. The molecule has 0 bridgehead atoms. The van der Waals surface area contributed by atoms with Crippen molar-refractivity contribution in [1.29, 1.82) is 0 Å². The number of benzene rings is 1. The van der Waals surface area contributed by atoms with Crippen molar-refractivity contribution in [2.45, 2.75) is 25.8 Å². The van der Waals surface area contributed by atoms with Crippen LogP contribution in [0.25, 0.3) is 0 Å². The number of nitrogens with two attached hydrogens (primary N) is 1. The van der Waals surface area contributed by atoms with E-state index in [2.05, 4.69) is 28.2 Å². The minimum atomic E-state index is -0.0697. The molecule has 1 aromatic rings. The number of carbonyl (C=O) groups excluding carboxylic acids is 1. The summed E-state index contributed by atoms with van der Waals surface area (Å²) in [5.74, 6) is 0.581. The van der Waals surface area contributed by atoms with Gasteiger partial charge in [-0.15, -0.1) is 0 Å². The predicted molar refractivity (Wildman–Crippen MR) is 68.2 cm³/mol. The van der Waals surface area contributed by atoms with Crippen LogP contribution in [0.4, 0.5) is 5.69 Å². The molecule has 0 radical (unpaired) electrons. The Morgan fingerprint density at radius 2 is 2.38 bits per heavy atom. The van der Waals surface area contributed by atoms with E-state index in [0.717, 1.165) is 17.3 Å². The minimum Gasteiger partial charge on any atom is -0.398 e. The smallest absolute Gasteiger partial charge is 0.253 e. The van der Waals surface area contributed by atoms with Gasteiger partial charge >= 0.3 is 0 Å². The van der Waals surface area contributed by atoms with Crippen LogP contribution >= 0.6 is 15.9 Å². The summed E-state index contributed by atoms with van der Waals surface area (Å²) >= 11 is 3.34. The molecule has 86 valence electrons. The highest BCUT2D eigenvalue weighted by atomic mass is 79.9. The minimum absolute atomic E-state index is 0.0697. The largest absolute Gasteiger partial charge is 0.398 e. The van der Waals surface area contributed by atoms with Gasteiger partial charge < -0.3 is 11.1 Å². The van der Waals surface area contributed by atoms with Gasteiger partial charge in [-0.3, -0.25) is 4.79 Å². The zero-order chi connectivity index (χ0) is 11.7. The number of nitrogens with one attached hydrogen (secondary N) is 1. The maximum Gasteiger partial charge on any atom is 0.253 e. The van der Waals surface area contributed by atoms with Gasteiger partial charge in [-0.1, -0.05) is 29.3 Å². The zero-order valence-corrected chi connectivity index (χ0v) is 10.8. The monoisotopic (exact) mass is 282 g/mol. The molecule has 0 spiro atoms. The molecule has 1 fully saturated rings. The number of anilines is 1. The Balaban J connectivity index is 2.06. The molecule has 1 aliphatic rings. The van der Waals surface area contributed by atoms with Crippen LogP contribution in [-0.4, -0.2) is 11.9 Å². The average Bonchev–Trinajstić information content (AvgIpc) is 3.00. The van der Waals surface area contributed by atoms with Crippen molar-refractivity contribution in [3.63, 3.8) is 0 Å². The summed E-state index contributed by atoms with van der Waals surface area (Å²) in [5.41, 5.74) is 6.85. The average molecular weight is 283 g/mol. The third-order valence-electron chi connectivity index (χ3n) is 3.02. The topological polar surface area (TPSA) is 55.1 Å². The molecule has 4 heteroatoms. The molecule has 1 amide bonds. The molecule has 0 aromatic heterocycles. The summed E-state index contributed by atoms with van der Waals surface area (Å²) in [6.07, 6.45) is 2.22. The lowest BCUT2D eigenvalue weighted by molar-refractivity contribution is 0.0950. The predicted octanol–water partition coefficient (Wildman–Crippen LogP) is 2.56. The highest BCUT2D eigenvalue weighted by Gasteiger charge is 2.36. The Bertz CT molecular complexity index is 419. The van der Waals surface area contributed by atoms with Crippen molar-refractivity contribution in [2.75, 3.05) is 5.73 Å². The van der Waals surface area contributed by atoms with Crippen LogP contribution in [0.1, 0.15) is 30.1 Å². The summed E-state index contributed by atoms with van der Waals surface area (Å²) in [6, 6.07) is 5.67. The Morgan fingerprint density at radius 1 is 1.62 bits per heavy atom. The van der Waals surface area contributed by atoms with Crippen LogP contribution in [0.3, 0.4) is 0 Å². The zero-order valence-electron chi connectivity index (χ0n) is 9.16. The standard InChI is InChI=1S/C12H15BrN2O/c1-2-7-5-11(7)15-12(16)9-6-8(13)3-4-10(9)14/h3-4,6-7,11H,2,5,14H2,1H3,(H,15,16). The normalized spacial score (nSPS) is 22.9. The van der Waals surface area contributed by atoms with Crippen molar-refractivity contribution < 1.29 is 4.79 Å². The van der Waals surface area contributed by atoms with Gasteiger partial charge in [0.25, 0.3) is 5.91 Å². The number of nitrogen functional groups attached to an aromatic ring is 1. The quantitative estimate of drug-likeness (QED) is 0.838. The molecular formula is C12H15BrN2O. The van der Waals surface area contributed by atoms with Crippen molar-refractivity contribution in [3.05, 3.63) is 28.2 Å². The molecule has 0 aliphatic heterocycles. The van der Waals surface area contributed by atoms with E-state index in [0.29, 0.717) is 23.2 Å². The lowest BCUT2D eigenvalue weighted by Crippen LogP contribution is -2.27. The first-order valence-corrected chi connectivity index (χ1v) is 6.27. The highest BCUT2D eigenvalue weighted by molar-refractivity contribution is 9.10. The SMILES string of the molecule is CCC1CC1NC(=O)c1cc(Br)ccc1N. The summed E-state index contributed by atoms with van der Waals surface area (Å²) < 4.78 is 0.870. The fourth-order valence-corrected chi connectivity index (χ4v) is 2.21. The van der Waals surface area contributed by atoms with E-state index in [1.807, 2.05) is 6.07 Å². The van der Waals surface area contributed by atoms with Gasteiger partial charge in [-0.05, 0) is 30.5 Å². The number of halogens is 1. The lowest BCUT2D eigenvalue weighted by atomic mass is 10.1. The van der Waals surface area contributed by atoms with E-state index in [1.165, 1.54) is 0 Å². The summed E-state index contributed by atoms with van der Waals surface area (Å²) in [7, 11) is 0. The Labute approximate surface area is 104 Å². The van der Waals surface area contributed by atoms with Gasteiger partial charge in [0.05, 0.1) is 5.56 Å². The van der Waals surface area contributed by atoms with Gasteiger partial charge in [0.2, 0.25) is 0 Å². The van der Waals surface area contributed by atoms with Crippen molar-refractivity contribution in [1.82, 2.24) is 5.32 Å². The third-order valence-corrected chi connectivity index (χ3v) is 3.52. The fourth-order valence-electron chi connectivity index (χ4n) is 1.85. The molecular weight excluding hydrogens is 268 g/mol. The molecule has 16 heavy (non-hydrogen) atoms. The van der Waals surface area contributed by atoms with E-state index >= 15 is 0 Å². The van der Waals surface area contributed by atoms with Crippen molar-refractivity contribution in [3.8, 4) is 0 Å². The van der Waals surface area contributed by atoms with Gasteiger partial charge in [0.1, 0.15) is 0 Å². The molecule has 3 N–H and O–H groups in total. The molecule has 1 saturated carbocycles. The van der Waals surface area contributed by atoms with Crippen molar-refractivity contribution in [2.24, 2.45) is 5.92 Å². The molecule has 2 unspecified atom stereocenters. The Morgan fingerprint density at radius 3 is 3.00 bits per heavy atom. The first-order valence-electron chi connectivity index (χ1n) is 5.47. The fraction of sp³-hybridized carbons (Fsp3) is 0.417. The van der Waals surface area contributed by atoms with Gasteiger partial charge in [-0.25, -0.2) is 0 Å². The molecule has 0 saturated heterocycles. The third kappa shape index (κ3) is 2.38. The van der Waals surface area contributed by atoms with Crippen molar-refractivity contribution >= 4 is 27.5 Å². The maximum absolute atomic E-state index is 11.9. The molecule has 0 heterocycles. The second-order valence-electron chi connectivity index (χ2n) is 4.22. The van der Waals surface area contributed by atoms with Crippen LogP contribution < -0.4 is 11.1 Å². The number of rotatable bonds is 3. The maximum atomic E-state index is 11.9. The molecule has 1 aliphatic carbocycles. The van der Waals surface area contributed by atoms with Gasteiger partial charge in [0.15, 0.2) is 0 Å². The van der Waals surface area contributed by atoms with Crippen LogP contribution in [0, 0.1) is 5.92 Å². The summed E-state index contributed by atoms with van der Waals surface area (Å²) in [5, 5.41) is 3.00. The van der Waals surface area contributed by atoms with Crippen LogP contribution in [-0.2, 0) is 0 Å². The van der Waals surface area contributed by atoms with Gasteiger partial charge in [0, 0.05) is 16.2 Å². The second-order valence-corrected chi connectivity index (χ2v) is 5.13. The first kappa shape index (κ1) is 11.5. The number of amides is 1. The van der Waals surface area contributed by atoms with E-state index in [1.54, 1.807) is 12.1 Å². The number of hydrogen-bond acceptors (Lipinski definition) is 2. The first-order chi connectivity index (χ1) is 7.61. The Hall–Kier alpha value is -1.03. The van der Waals surface area contributed by atoms with E-state index in [4.69, 9.17) is 5.73 Å². The highest BCUT2D eigenvalue weighted by Crippen LogP contribution is 2.33.